The van der Waals surface area contributed by atoms with Crippen LogP contribution in [-0.2, 0) is 0 Å². The zero-order valence-corrected chi connectivity index (χ0v) is 16.2. The number of unbranched alkanes of at least 4 members (excludes halogenated alkanes) is 2. The van der Waals surface area contributed by atoms with Gasteiger partial charge in [0.2, 0.25) is 0 Å². The molecule has 3 nitrogen and oxygen atoms in total. The molecule has 3 aliphatic rings. The van der Waals surface area contributed by atoms with Gasteiger partial charge in [0.15, 0.2) is 0 Å². The second kappa shape index (κ2) is 9.40. The van der Waals surface area contributed by atoms with E-state index in [9.17, 15) is 10.2 Å². The van der Waals surface area contributed by atoms with Crippen LogP contribution < -0.4 is 0 Å². The molecule has 3 saturated carbocycles. The van der Waals surface area contributed by atoms with Crippen molar-refractivity contribution in [3.05, 3.63) is 11.6 Å². The first-order chi connectivity index (χ1) is 12.6. The van der Waals surface area contributed by atoms with E-state index < -0.39 is 6.10 Å². The molecular formula is C23H36O3. The van der Waals surface area contributed by atoms with E-state index in [0.29, 0.717) is 23.7 Å². The van der Waals surface area contributed by atoms with Gasteiger partial charge in [-0.15, -0.1) is 0 Å². The van der Waals surface area contributed by atoms with E-state index in [0.717, 1.165) is 44.9 Å². The van der Waals surface area contributed by atoms with Gasteiger partial charge in [0, 0.05) is 6.61 Å². The first-order valence-electron chi connectivity index (χ1n) is 10.8. The minimum Gasteiger partial charge on any atom is -0.396 e. The topological polar surface area (TPSA) is 60.7 Å². The van der Waals surface area contributed by atoms with E-state index in [-0.39, 0.29) is 18.6 Å². The van der Waals surface area contributed by atoms with Crippen molar-refractivity contribution in [1.82, 2.24) is 0 Å². The van der Waals surface area contributed by atoms with Crippen molar-refractivity contribution in [2.75, 3.05) is 6.61 Å². The summed E-state index contributed by atoms with van der Waals surface area (Å²) in [6, 6.07) is 0. The second-order valence-corrected chi connectivity index (χ2v) is 8.70. The number of aliphatic hydroxyl groups excluding tert-OH is 3. The minimum atomic E-state index is -0.522. The summed E-state index contributed by atoms with van der Waals surface area (Å²) in [4.78, 5) is 0. The summed E-state index contributed by atoms with van der Waals surface area (Å²) < 4.78 is 0. The van der Waals surface area contributed by atoms with Crippen LogP contribution in [0.1, 0.15) is 71.1 Å². The van der Waals surface area contributed by atoms with Gasteiger partial charge in [-0.25, -0.2) is 0 Å². The van der Waals surface area contributed by atoms with E-state index in [4.69, 9.17) is 5.11 Å². The quantitative estimate of drug-likeness (QED) is 0.398. The number of fused-ring (bicyclic) bond motifs is 1. The molecule has 3 fully saturated rings. The van der Waals surface area contributed by atoms with Gasteiger partial charge in [-0.3, -0.25) is 0 Å². The van der Waals surface area contributed by atoms with E-state index in [1.54, 1.807) is 5.57 Å². The summed E-state index contributed by atoms with van der Waals surface area (Å²) >= 11 is 0. The first-order valence-corrected chi connectivity index (χ1v) is 10.8. The molecule has 6 atom stereocenters. The molecule has 2 unspecified atom stereocenters. The largest absolute Gasteiger partial charge is 0.396 e. The van der Waals surface area contributed by atoms with Crippen LogP contribution in [0.4, 0.5) is 0 Å². The third-order valence-corrected chi connectivity index (χ3v) is 7.09. The lowest BCUT2D eigenvalue weighted by Crippen LogP contribution is -2.50. The summed E-state index contributed by atoms with van der Waals surface area (Å²) in [5, 5.41) is 29.9. The standard InChI is InChI=1S/C23H36O3/c1-16-18(10-6-3-7-15-24)19-11-14-22(26)20(23(16)19)12-13-21(25)17-8-4-2-5-9-17/h10,16-17,19-26H,2-9,11,14-15H2,1H3/b18-10-/t16?,19-,20+,21?,22-,23+/m1/s1. The maximum atomic E-state index is 10.5. The maximum absolute atomic E-state index is 10.5. The monoisotopic (exact) mass is 360 g/mol. The Morgan fingerprint density at radius 2 is 1.88 bits per heavy atom. The molecule has 0 bridgehead atoms. The Balaban J connectivity index is 1.62. The Labute approximate surface area is 158 Å². The lowest BCUT2D eigenvalue weighted by atomic mass is 9.51. The van der Waals surface area contributed by atoms with E-state index >= 15 is 0 Å². The summed E-state index contributed by atoms with van der Waals surface area (Å²) in [6.45, 7) is 2.54. The van der Waals surface area contributed by atoms with E-state index in [1.807, 2.05) is 0 Å². The third kappa shape index (κ3) is 4.35. The molecule has 3 rings (SSSR count). The van der Waals surface area contributed by atoms with Crippen molar-refractivity contribution in [2.24, 2.45) is 29.6 Å². The van der Waals surface area contributed by atoms with Gasteiger partial charge in [-0.05, 0) is 68.6 Å². The van der Waals surface area contributed by atoms with Gasteiger partial charge in [0.1, 0.15) is 6.10 Å². The molecule has 0 saturated heterocycles. The van der Waals surface area contributed by atoms with Gasteiger partial charge in [-0.1, -0.05) is 49.7 Å². The number of rotatable bonds is 5. The molecule has 0 amide bonds. The van der Waals surface area contributed by atoms with Crippen LogP contribution >= 0.6 is 0 Å². The van der Waals surface area contributed by atoms with Crippen molar-refractivity contribution < 1.29 is 15.3 Å². The SMILES string of the molecule is CC1/C(=C/CCCCO)[C@H]2CC[C@@H](O)[C@H](C#CC(O)C3CCCCC3)[C@@H]12. The molecule has 0 heterocycles. The normalized spacial score (nSPS) is 37.4. The molecule has 0 aromatic rings. The van der Waals surface area contributed by atoms with Gasteiger partial charge >= 0.3 is 0 Å². The highest BCUT2D eigenvalue weighted by atomic mass is 16.3. The lowest BCUT2D eigenvalue weighted by Gasteiger charge is -2.53. The molecular weight excluding hydrogens is 324 g/mol. The van der Waals surface area contributed by atoms with Crippen LogP contribution in [0.25, 0.3) is 0 Å². The average Bonchev–Trinajstić information content (AvgIpc) is 2.67. The lowest BCUT2D eigenvalue weighted by molar-refractivity contribution is -0.0140. The molecule has 3 heteroatoms. The maximum Gasteiger partial charge on any atom is 0.117 e. The third-order valence-electron chi connectivity index (χ3n) is 7.09. The number of aliphatic hydroxyl groups is 3. The van der Waals surface area contributed by atoms with Crippen LogP contribution in [0.2, 0.25) is 0 Å². The summed E-state index contributed by atoms with van der Waals surface area (Å²) in [5.41, 5.74) is 1.54. The van der Waals surface area contributed by atoms with Crippen LogP contribution in [0, 0.1) is 41.4 Å². The Morgan fingerprint density at radius 3 is 2.62 bits per heavy atom. The van der Waals surface area contributed by atoms with Crippen LogP contribution in [0.5, 0.6) is 0 Å². The molecule has 3 N–H and O–H groups in total. The van der Waals surface area contributed by atoms with E-state index in [1.165, 1.54) is 19.3 Å². The van der Waals surface area contributed by atoms with Crippen LogP contribution in [0.3, 0.4) is 0 Å². The fourth-order valence-electron chi connectivity index (χ4n) is 5.52. The fourth-order valence-corrected chi connectivity index (χ4v) is 5.52. The highest BCUT2D eigenvalue weighted by Crippen LogP contribution is 2.55. The van der Waals surface area contributed by atoms with Gasteiger partial charge in [0.05, 0.1) is 12.0 Å². The molecule has 0 spiro atoms. The van der Waals surface area contributed by atoms with Crippen molar-refractivity contribution in [1.29, 1.82) is 0 Å². The van der Waals surface area contributed by atoms with Crippen molar-refractivity contribution in [3.63, 3.8) is 0 Å². The summed E-state index contributed by atoms with van der Waals surface area (Å²) in [7, 11) is 0. The molecule has 0 radical (unpaired) electrons. The zero-order chi connectivity index (χ0) is 18.5. The molecule has 0 aliphatic heterocycles. The average molecular weight is 361 g/mol. The van der Waals surface area contributed by atoms with E-state index in [2.05, 4.69) is 24.8 Å². The summed E-state index contributed by atoms with van der Waals surface area (Å²) in [5.74, 6) is 8.27. The Bertz CT molecular complexity index is 537. The highest BCUT2D eigenvalue weighted by Gasteiger charge is 2.50. The Morgan fingerprint density at radius 1 is 1.12 bits per heavy atom. The molecule has 0 aromatic heterocycles. The molecule has 26 heavy (non-hydrogen) atoms. The van der Waals surface area contributed by atoms with Crippen molar-refractivity contribution in [2.45, 2.75) is 83.3 Å². The fraction of sp³-hybridized carbons (Fsp3) is 0.826. The van der Waals surface area contributed by atoms with Crippen molar-refractivity contribution in [3.8, 4) is 11.8 Å². The predicted molar refractivity (Wildman–Crippen MR) is 104 cm³/mol. The minimum absolute atomic E-state index is 0.0107. The molecule has 146 valence electrons. The van der Waals surface area contributed by atoms with Crippen LogP contribution in [0.15, 0.2) is 11.6 Å². The number of allylic oxidation sites excluding steroid dienone is 2. The smallest absolute Gasteiger partial charge is 0.117 e. The summed E-state index contributed by atoms with van der Waals surface area (Å²) in [6.07, 6.45) is 12.2. The van der Waals surface area contributed by atoms with Crippen LogP contribution in [-0.4, -0.2) is 34.1 Å². The molecule has 0 aromatic carbocycles. The number of hydrogen-bond donors (Lipinski definition) is 3. The molecule has 3 aliphatic carbocycles. The highest BCUT2D eigenvalue weighted by molar-refractivity contribution is 5.29. The predicted octanol–water partition coefficient (Wildman–Crippen LogP) is 3.67. The number of hydrogen-bond acceptors (Lipinski definition) is 3. The van der Waals surface area contributed by atoms with Gasteiger partial charge < -0.3 is 15.3 Å². The van der Waals surface area contributed by atoms with Gasteiger partial charge in [0.25, 0.3) is 0 Å². The van der Waals surface area contributed by atoms with Crippen molar-refractivity contribution >= 4 is 0 Å². The second-order valence-electron chi connectivity index (χ2n) is 8.70. The van der Waals surface area contributed by atoms with Gasteiger partial charge in [-0.2, -0.15) is 0 Å². The first kappa shape index (κ1) is 19.9. The zero-order valence-electron chi connectivity index (χ0n) is 16.2. The Hall–Kier alpha value is -0.820. The Kier molecular flexibility index (Phi) is 7.20.